The van der Waals surface area contributed by atoms with Gasteiger partial charge in [-0.2, -0.15) is 5.26 Å². The molecular weight excluding hydrogens is 394 g/mol. The average Bonchev–Trinajstić information content (AvgIpc) is 2.64. The Hall–Kier alpha value is -2.23. The molecule has 0 aliphatic carbocycles. The van der Waals surface area contributed by atoms with Crippen LogP contribution in [0.15, 0.2) is 53.1 Å². The summed E-state index contributed by atoms with van der Waals surface area (Å²) in [4.78, 5) is 18.8. The van der Waals surface area contributed by atoms with Crippen molar-refractivity contribution >= 4 is 27.5 Å². The van der Waals surface area contributed by atoms with E-state index in [9.17, 15) is 4.79 Å². The number of carbonyl (C=O) groups excluding carboxylic acids is 1. The number of ether oxygens (including phenoxy) is 1. The number of halogens is 1. The largest absolute Gasteiger partial charge is 0.362 e. The molecule has 0 saturated carbocycles. The quantitative estimate of drug-likeness (QED) is 0.601. The maximum atomic E-state index is 13.1. The van der Waals surface area contributed by atoms with Crippen LogP contribution in [0.5, 0.6) is 0 Å². The summed E-state index contributed by atoms with van der Waals surface area (Å²) in [5, 5.41) is 9.17. The van der Waals surface area contributed by atoms with Gasteiger partial charge in [0, 0.05) is 16.4 Å². The molecule has 26 heavy (non-hydrogen) atoms. The van der Waals surface area contributed by atoms with Crippen LogP contribution >= 0.6 is 15.9 Å². The SMILES string of the molecule is CC(C)CC(OCc1ccccn1)C(=O)N(CC#N)c1ccc(Br)cc1. The fraction of sp³-hybridized carbons (Fsp3) is 0.350. The molecule has 0 aliphatic rings. The molecule has 1 aromatic heterocycles. The van der Waals surface area contributed by atoms with Crippen LogP contribution in [0, 0.1) is 17.2 Å². The average molecular weight is 416 g/mol. The van der Waals surface area contributed by atoms with Crippen molar-refractivity contribution < 1.29 is 9.53 Å². The Bertz CT molecular complexity index is 742. The monoisotopic (exact) mass is 415 g/mol. The summed E-state index contributed by atoms with van der Waals surface area (Å²) in [7, 11) is 0. The number of carbonyl (C=O) groups is 1. The Labute approximate surface area is 162 Å². The number of anilines is 1. The first-order valence-electron chi connectivity index (χ1n) is 8.46. The van der Waals surface area contributed by atoms with E-state index in [-0.39, 0.29) is 25.0 Å². The van der Waals surface area contributed by atoms with Gasteiger partial charge in [0.2, 0.25) is 0 Å². The summed E-state index contributed by atoms with van der Waals surface area (Å²) in [6.45, 7) is 4.31. The molecule has 1 amide bonds. The Morgan fingerprint density at radius 3 is 2.58 bits per heavy atom. The summed E-state index contributed by atoms with van der Waals surface area (Å²) < 4.78 is 6.81. The van der Waals surface area contributed by atoms with E-state index in [0.717, 1.165) is 10.2 Å². The molecular formula is C20H22BrN3O2. The molecule has 0 bridgehead atoms. The third kappa shape index (κ3) is 5.94. The third-order valence-corrected chi connectivity index (χ3v) is 4.28. The second-order valence-electron chi connectivity index (χ2n) is 6.31. The second-order valence-corrected chi connectivity index (χ2v) is 7.22. The van der Waals surface area contributed by atoms with Crippen molar-refractivity contribution in [3.63, 3.8) is 0 Å². The van der Waals surface area contributed by atoms with Crippen LogP contribution in [0.25, 0.3) is 0 Å². The Balaban J connectivity index is 2.18. The molecule has 0 spiro atoms. The molecule has 0 saturated heterocycles. The number of nitrogens with zero attached hydrogens (tertiary/aromatic N) is 3. The highest BCUT2D eigenvalue weighted by Crippen LogP contribution is 2.21. The minimum Gasteiger partial charge on any atom is -0.362 e. The highest BCUT2D eigenvalue weighted by atomic mass is 79.9. The lowest BCUT2D eigenvalue weighted by atomic mass is 10.0. The number of hydrogen-bond donors (Lipinski definition) is 0. The number of aromatic nitrogens is 1. The minimum atomic E-state index is -0.631. The van der Waals surface area contributed by atoms with Gasteiger partial charge in [-0.05, 0) is 48.7 Å². The van der Waals surface area contributed by atoms with Crippen molar-refractivity contribution in [2.75, 3.05) is 11.4 Å². The van der Waals surface area contributed by atoms with Crippen molar-refractivity contribution in [2.45, 2.75) is 33.0 Å². The van der Waals surface area contributed by atoms with Crippen LogP contribution in [-0.4, -0.2) is 23.5 Å². The van der Waals surface area contributed by atoms with Crippen molar-refractivity contribution in [2.24, 2.45) is 5.92 Å². The molecule has 136 valence electrons. The summed E-state index contributed by atoms with van der Waals surface area (Å²) in [5.41, 5.74) is 1.44. The van der Waals surface area contributed by atoms with Gasteiger partial charge >= 0.3 is 0 Å². The van der Waals surface area contributed by atoms with E-state index in [1.807, 2.05) is 56.3 Å². The first kappa shape index (κ1) is 20.1. The van der Waals surface area contributed by atoms with E-state index >= 15 is 0 Å². The predicted molar refractivity (Wildman–Crippen MR) is 104 cm³/mol. The molecule has 6 heteroatoms. The molecule has 0 N–H and O–H groups in total. The molecule has 5 nitrogen and oxygen atoms in total. The van der Waals surface area contributed by atoms with Gasteiger partial charge in [-0.25, -0.2) is 0 Å². The molecule has 2 aromatic rings. The zero-order valence-electron chi connectivity index (χ0n) is 14.9. The molecule has 2 rings (SSSR count). The van der Waals surface area contributed by atoms with Crippen LogP contribution in [0.4, 0.5) is 5.69 Å². The van der Waals surface area contributed by atoms with Gasteiger partial charge in [0.25, 0.3) is 5.91 Å². The van der Waals surface area contributed by atoms with Gasteiger partial charge in [-0.3, -0.25) is 14.7 Å². The Morgan fingerprint density at radius 1 is 1.27 bits per heavy atom. The van der Waals surface area contributed by atoms with Gasteiger partial charge in [0.05, 0.1) is 18.4 Å². The first-order chi connectivity index (χ1) is 12.5. The van der Waals surface area contributed by atoms with E-state index in [1.165, 1.54) is 4.90 Å². The molecule has 1 atom stereocenters. The van der Waals surface area contributed by atoms with Crippen molar-refractivity contribution in [3.05, 3.63) is 58.8 Å². The van der Waals surface area contributed by atoms with Gasteiger partial charge in [-0.15, -0.1) is 0 Å². The van der Waals surface area contributed by atoms with Crippen molar-refractivity contribution in [1.82, 2.24) is 4.98 Å². The Morgan fingerprint density at radius 2 is 2.00 bits per heavy atom. The number of amides is 1. The highest BCUT2D eigenvalue weighted by molar-refractivity contribution is 9.10. The predicted octanol–water partition coefficient (Wildman–Crippen LogP) is 4.33. The standard InChI is InChI=1S/C20H22BrN3O2/c1-15(2)13-19(26-14-17-5-3-4-11-23-17)20(25)24(12-10-22)18-8-6-16(21)7-9-18/h3-9,11,15,19H,12-14H2,1-2H3. The van der Waals surface area contributed by atoms with Gasteiger partial charge in [0.1, 0.15) is 12.6 Å². The number of nitriles is 1. The van der Waals surface area contributed by atoms with Gasteiger partial charge in [-0.1, -0.05) is 35.8 Å². The maximum Gasteiger partial charge on any atom is 0.257 e. The van der Waals surface area contributed by atoms with E-state index in [4.69, 9.17) is 10.00 Å². The molecule has 1 heterocycles. The third-order valence-electron chi connectivity index (χ3n) is 3.75. The van der Waals surface area contributed by atoms with Gasteiger partial charge in [0.15, 0.2) is 0 Å². The highest BCUT2D eigenvalue weighted by Gasteiger charge is 2.27. The van der Waals surface area contributed by atoms with Crippen LogP contribution in [0.3, 0.4) is 0 Å². The second kappa shape index (κ2) is 10.0. The lowest BCUT2D eigenvalue weighted by Crippen LogP contribution is -2.41. The minimum absolute atomic E-state index is 0.0258. The fourth-order valence-electron chi connectivity index (χ4n) is 2.50. The molecule has 0 fully saturated rings. The zero-order valence-corrected chi connectivity index (χ0v) is 16.5. The molecule has 0 radical (unpaired) electrons. The van der Waals surface area contributed by atoms with E-state index in [0.29, 0.717) is 12.1 Å². The van der Waals surface area contributed by atoms with Crippen LogP contribution in [-0.2, 0) is 16.1 Å². The lowest BCUT2D eigenvalue weighted by molar-refractivity contribution is -0.131. The van der Waals surface area contributed by atoms with E-state index in [2.05, 4.69) is 27.0 Å². The van der Waals surface area contributed by atoms with Crippen molar-refractivity contribution in [1.29, 1.82) is 5.26 Å². The lowest BCUT2D eigenvalue weighted by Gasteiger charge is -2.26. The number of benzene rings is 1. The normalized spacial score (nSPS) is 11.8. The molecule has 0 aliphatic heterocycles. The smallest absolute Gasteiger partial charge is 0.257 e. The molecule has 1 unspecified atom stereocenters. The number of pyridine rings is 1. The molecule has 1 aromatic carbocycles. The maximum absolute atomic E-state index is 13.1. The fourth-order valence-corrected chi connectivity index (χ4v) is 2.76. The summed E-state index contributed by atoms with van der Waals surface area (Å²) in [6, 6.07) is 15.0. The summed E-state index contributed by atoms with van der Waals surface area (Å²) in [5.74, 6) is 0.0695. The van der Waals surface area contributed by atoms with Crippen LogP contribution in [0.1, 0.15) is 26.0 Å². The van der Waals surface area contributed by atoms with Crippen molar-refractivity contribution in [3.8, 4) is 6.07 Å². The number of rotatable bonds is 8. The van der Waals surface area contributed by atoms with Gasteiger partial charge < -0.3 is 4.74 Å². The summed E-state index contributed by atoms with van der Waals surface area (Å²) >= 11 is 3.38. The van der Waals surface area contributed by atoms with Crippen LogP contribution < -0.4 is 4.90 Å². The number of hydrogen-bond acceptors (Lipinski definition) is 4. The van der Waals surface area contributed by atoms with E-state index < -0.39 is 6.10 Å². The van der Waals surface area contributed by atoms with Crippen LogP contribution in [0.2, 0.25) is 0 Å². The zero-order chi connectivity index (χ0) is 18.9. The topological polar surface area (TPSA) is 66.2 Å². The van der Waals surface area contributed by atoms with E-state index in [1.54, 1.807) is 6.20 Å². The summed E-state index contributed by atoms with van der Waals surface area (Å²) in [6.07, 6.45) is 1.64. The first-order valence-corrected chi connectivity index (χ1v) is 9.26. The Kier molecular flexibility index (Phi) is 7.76.